The molecule has 9 nitrogen and oxygen atoms in total. The highest BCUT2D eigenvalue weighted by Gasteiger charge is 2.37. The van der Waals surface area contributed by atoms with E-state index in [-0.39, 0.29) is 42.2 Å². The van der Waals surface area contributed by atoms with Crippen molar-refractivity contribution in [3.05, 3.63) is 52.2 Å². The van der Waals surface area contributed by atoms with Crippen LogP contribution in [-0.2, 0) is 18.3 Å². The molecule has 0 saturated carbocycles. The molecule has 1 aromatic carbocycles. The van der Waals surface area contributed by atoms with Crippen LogP contribution in [0, 0.1) is 17.1 Å². The lowest BCUT2D eigenvalue weighted by molar-refractivity contribution is 0.0991. The van der Waals surface area contributed by atoms with Crippen molar-refractivity contribution < 1.29 is 13.9 Å². The van der Waals surface area contributed by atoms with E-state index in [4.69, 9.17) is 9.47 Å². The molecule has 0 spiro atoms. The number of piperazine rings is 1. The first-order valence-electron chi connectivity index (χ1n) is 13.8. The number of anilines is 1. The molecule has 2 aliphatic heterocycles. The Labute approximate surface area is 228 Å². The van der Waals surface area contributed by atoms with E-state index in [1.54, 1.807) is 28.6 Å². The van der Waals surface area contributed by atoms with Crippen LogP contribution in [0.4, 0.5) is 10.1 Å². The zero-order valence-corrected chi connectivity index (χ0v) is 23.1. The number of fused-ring (bicyclic) bond motifs is 1. The molecule has 2 fully saturated rings. The summed E-state index contributed by atoms with van der Waals surface area (Å²) in [4.78, 5) is 17.6. The summed E-state index contributed by atoms with van der Waals surface area (Å²) < 4.78 is 29.8. The van der Waals surface area contributed by atoms with Crippen LogP contribution in [0.2, 0.25) is 0 Å². The van der Waals surface area contributed by atoms with Crippen LogP contribution in [-0.4, -0.2) is 63.7 Å². The van der Waals surface area contributed by atoms with E-state index in [0.29, 0.717) is 36.6 Å². The number of hydrogen-bond acceptors (Lipinski definition) is 7. The summed E-state index contributed by atoms with van der Waals surface area (Å²) >= 11 is 0. The molecule has 10 heteroatoms. The van der Waals surface area contributed by atoms with E-state index >= 15 is 4.39 Å². The molecule has 0 radical (unpaired) electrons. The third-order valence-corrected chi connectivity index (χ3v) is 8.27. The average molecular weight is 537 g/mol. The summed E-state index contributed by atoms with van der Waals surface area (Å²) in [5, 5.41) is 13.8. The first-order chi connectivity index (χ1) is 18.8. The quantitative estimate of drug-likeness (QED) is 0.430. The Balaban J connectivity index is 1.42. The topological polar surface area (TPSA) is 88.5 Å². The molecule has 39 heavy (non-hydrogen) atoms. The van der Waals surface area contributed by atoms with Gasteiger partial charge in [0.05, 0.1) is 36.7 Å². The number of aryl methyl sites for hydroxylation is 1. The molecule has 2 unspecified atom stereocenters. The summed E-state index contributed by atoms with van der Waals surface area (Å²) in [5.41, 5.74) is 2.77. The maximum Gasteiger partial charge on any atom is 0.252 e. The van der Waals surface area contributed by atoms with Gasteiger partial charge in [0.25, 0.3) is 5.56 Å². The Morgan fingerprint density at radius 3 is 2.69 bits per heavy atom. The van der Waals surface area contributed by atoms with Crippen LogP contribution in [0.25, 0.3) is 11.0 Å². The summed E-state index contributed by atoms with van der Waals surface area (Å²) in [6, 6.07) is 9.11. The molecule has 0 amide bonds. The smallest absolute Gasteiger partial charge is 0.252 e. The van der Waals surface area contributed by atoms with Gasteiger partial charge in [0.15, 0.2) is 0 Å². The van der Waals surface area contributed by atoms with E-state index in [2.05, 4.69) is 41.7 Å². The van der Waals surface area contributed by atoms with Crippen LogP contribution in [0.5, 0.6) is 5.75 Å². The van der Waals surface area contributed by atoms with Gasteiger partial charge < -0.3 is 18.9 Å². The normalized spacial score (nSPS) is 22.8. The maximum atomic E-state index is 15.4. The second-order valence-electron chi connectivity index (χ2n) is 10.6. The van der Waals surface area contributed by atoms with Gasteiger partial charge >= 0.3 is 0 Å². The molecular formula is C29H37FN6O3. The van der Waals surface area contributed by atoms with Crippen LogP contribution < -0.4 is 15.2 Å². The van der Waals surface area contributed by atoms with E-state index in [0.717, 1.165) is 37.0 Å². The monoisotopic (exact) mass is 536 g/mol. The minimum Gasteiger partial charge on any atom is -0.488 e. The number of benzene rings is 1. The summed E-state index contributed by atoms with van der Waals surface area (Å²) in [7, 11) is 1.73. The van der Waals surface area contributed by atoms with Crippen molar-refractivity contribution >= 4 is 16.7 Å². The largest absolute Gasteiger partial charge is 0.488 e. The molecule has 4 heterocycles. The zero-order valence-electron chi connectivity index (χ0n) is 23.1. The standard InChI is InChI=1S/C29H37FN6O3/c1-5-20-16-36(26-14-28(37)33(4)27-17-34(11-10-31)32-29(26)27)21(6-2)15-35(20)19(3)24-8-7-22(13-25(24)30)39-23-9-12-38-18-23/h7-8,13-14,17,19-21,23H,5-6,9,11-12,15-16,18H2,1-4H3/t19?,20-,21+,23?/m1/s1. The third kappa shape index (κ3) is 5.25. The van der Waals surface area contributed by atoms with Crippen LogP contribution in [0.3, 0.4) is 0 Å². The molecule has 4 atom stereocenters. The lowest BCUT2D eigenvalue weighted by Gasteiger charge is -2.49. The van der Waals surface area contributed by atoms with Crippen molar-refractivity contribution in [3.63, 3.8) is 0 Å². The fourth-order valence-corrected chi connectivity index (χ4v) is 5.96. The van der Waals surface area contributed by atoms with E-state index in [1.165, 1.54) is 6.07 Å². The fraction of sp³-hybridized carbons (Fsp3) is 0.552. The summed E-state index contributed by atoms with van der Waals surface area (Å²) in [5.74, 6) is 0.272. The number of hydrogen-bond donors (Lipinski definition) is 0. The van der Waals surface area contributed by atoms with E-state index in [9.17, 15) is 10.1 Å². The number of rotatable bonds is 8. The van der Waals surface area contributed by atoms with E-state index in [1.807, 2.05) is 12.1 Å². The Bertz CT molecular complexity index is 1420. The Kier molecular flexibility index (Phi) is 7.91. The lowest BCUT2D eigenvalue weighted by Crippen LogP contribution is -2.58. The van der Waals surface area contributed by atoms with Crippen molar-refractivity contribution in [3.8, 4) is 11.8 Å². The van der Waals surface area contributed by atoms with Crippen LogP contribution >= 0.6 is 0 Å². The molecule has 2 aliphatic rings. The number of nitriles is 1. The number of pyridine rings is 1. The number of halogens is 1. The number of ether oxygens (including phenoxy) is 2. The summed E-state index contributed by atoms with van der Waals surface area (Å²) in [6.07, 6.45) is 4.28. The second-order valence-corrected chi connectivity index (χ2v) is 10.6. The average Bonchev–Trinajstić information content (AvgIpc) is 3.60. The fourth-order valence-electron chi connectivity index (χ4n) is 5.96. The molecule has 0 bridgehead atoms. The van der Waals surface area contributed by atoms with Crippen molar-refractivity contribution in [2.24, 2.45) is 7.05 Å². The highest BCUT2D eigenvalue weighted by atomic mass is 19.1. The van der Waals surface area contributed by atoms with Gasteiger partial charge in [-0.25, -0.2) is 4.39 Å². The van der Waals surface area contributed by atoms with Crippen molar-refractivity contribution in [2.75, 3.05) is 31.2 Å². The highest BCUT2D eigenvalue weighted by Crippen LogP contribution is 2.35. The predicted octanol–water partition coefficient (Wildman–Crippen LogP) is 4.01. The Morgan fingerprint density at radius 1 is 1.23 bits per heavy atom. The Morgan fingerprint density at radius 2 is 2.03 bits per heavy atom. The first-order valence-corrected chi connectivity index (χ1v) is 13.8. The maximum absolute atomic E-state index is 15.4. The van der Waals surface area contributed by atoms with Crippen molar-refractivity contribution in [1.29, 1.82) is 5.26 Å². The zero-order chi connectivity index (χ0) is 27.7. The molecule has 208 valence electrons. The Hall–Kier alpha value is -3.42. The van der Waals surface area contributed by atoms with Gasteiger partial charge in [0.1, 0.15) is 29.7 Å². The second kappa shape index (κ2) is 11.4. The van der Waals surface area contributed by atoms with Gasteiger partial charge in [0, 0.05) is 62.4 Å². The highest BCUT2D eigenvalue weighted by molar-refractivity contribution is 5.88. The van der Waals surface area contributed by atoms with Gasteiger partial charge in [-0.15, -0.1) is 0 Å². The predicted molar refractivity (Wildman–Crippen MR) is 147 cm³/mol. The van der Waals surface area contributed by atoms with Gasteiger partial charge in [-0.2, -0.15) is 10.4 Å². The molecule has 3 aromatic rings. The number of aromatic nitrogens is 3. The first kappa shape index (κ1) is 27.2. The summed E-state index contributed by atoms with van der Waals surface area (Å²) in [6.45, 7) is 9.10. The van der Waals surface area contributed by atoms with E-state index < -0.39 is 0 Å². The SMILES string of the molecule is CC[C@H]1CN(C(C)c2ccc(OC3CCOC3)cc2F)[C@H](CC)CN1c1cc(=O)n(C)c2cn(CC#N)nc12. The molecule has 5 rings (SSSR count). The van der Waals surface area contributed by atoms with Gasteiger partial charge in [-0.05, 0) is 25.8 Å². The van der Waals surface area contributed by atoms with Gasteiger partial charge in [-0.1, -0.05) is 19.9 Å². The van der Waals surface area contributed by atoms with Gasteiger partial charge in [0.2, 0.25) is 0 Å². The molecule has 0 aliphatic carbocycles. The van der Waals surface area contributed by atoms with Gasteiger partial charge in [-0.3, -0.25) is 14.4 Å². The third-order valence-electron chi connectivity index (χ3n) is 8.27. The van der Waals surface area contributed by atoms with Crippen LogP contribution in [0.15, 0.2) is 35.3 Å². The van der Waals surface area contributed by atoms with Crippen molar-refractivity contribution in [2.45, 2.75) is 70.8 Å². The molecular weight excluding hydrogens is 499 g/mol. The molecule has 0 N–H and O–H groups in total. The minimum absolute atomic E-state index is 0.0249. The minimum atomic E-state index is -0.263. The van der Waals surface area contributed by atoms with Crippen LogP contribution in [0.1, 0.15) is 51.6 Å². The van der Waals surface area contributed by atoms with Crippen molar-refractivity contribution in [1.82, 2.24) is 19.2 Å². The molecule has 2 saturated heterocycles. The molecule has 2 aromatic heterocycles. The number of nitrogens with zero attached hydrogens (tertiary/aromatic N) is 6. The lowest BCUT2D eigenvalue weighted by atomic mass is 9.96.